The Morgan fingerprint density at radius 1 is 0.440 bits per heavy atom. The van der Waals surface area contributed by atoms with Crippen molar-refractivity contribution in [1.29, 1.82) is 0 Å². The molecule has 0 saturated heterocycles. The summed E-state index contributed by atoms with van der Waals surface area (Å²) in [6.07, 6.45) is 8.74. The fourth-order valence-corrected chi connectivity index (χ4v) is 3.27. The van der Waals surface area contributed by atoms with Crippen molar-refractivity contribution in [2.45, 2.75) is 120 Å². The molecule has 0 rings (SSSR count). The molecule has 0 aromatic rings. The van der Waals surface area contributed by atoms with Crippen LogP contribution >= 0.6 is 0 Å². The van der Waals surface area contributed by atoms with Crippen LogP contribution in [0, 0.1) is 35.5 Å². The van der Waals surface area contributed by atoms with Crippen molar-refractivity contribution in [2.75, 3.05) is 0 Å². The largest absolute Gasteiger partial charge is 0.375 e. The second-order valence-electron chi connectivity index (χ2n) is 9.81. The molecule has 0 aromatic carbocycles. The molecule has 25 heavy (non-hydrogen) atoms. The first-order chi connectivity index (χ1) is 11.6. The lowest BCUT2D eigenvalue weighted by molar-refractivity contribution is -0.0476. The zero-order chi connectivity index (χ0) is 19.6. The predicted molar refractivity (Wildman–Crippen MR) is 114 cm³/mol. The van der Waals surface area contributed by atoms with Crippen molar-refractivity contribution < 1.29 is 4.74 Å². The Morgan fingerprint density at radius 2 is 0.720 bits per heavy atom. The first-order valence-corrected chi connectivity index (χ1v) is 11.2. The summed E-state index contributed by atoms with van der Waals surface area (Å²) < 4.78 is 6.38. The van der Waals surface area contributed by atoms with Crippen molar-refractivity contribution in [3.8, 4) is 0 Å². The SMILES string of the molecule is CC(C)C(C)CCCC(C)C(C)OC(C)C(C)CCCC(C)C(C)C. The topological polar surface area (TPSA) is 9.23 Å². The third-order valence-electron chi connectivity index (χ3n) is 6.95. The lowest BCUT2D eigenvalue weighted by Gasteiger charge is -2.28. The van der Waals surface area contributed by atoms with Gasteiger partial charge in [0.1, 0.15) is 0 Å². The molecule has 0 amide bonds. The zero-order valence-corrected chi connectivity index (χ0v) is 19.3. The quantitative estimate of drug-likeness (QED) is 0.307. The average molecular weight is 355 g/mol. The number of ether oxygens (including phenoxy) is 1. The minimum Gasteiger partial charge on any atom is -0.375 e. The molecule has 0 spiro atoms. The van der Waals surface area contributed by atoms with E-state index in [1.807, 2.05) is 0 Å². The monoisotopic (exact) mass is 354 g/mol. The van der Waals surface area contributed by atoms with Gasteiger partial charge < -0.3 is 4.74 Å². The highest BCUT2D eigenvalue weighted by Gasteiger charge is 2.20. The van der Waals surface area contributed by atoms with Crippen molar-refractivity contribution in [3.63, 3.8) is 0 Å². The van der Waals surface area contributed by atoms with E-state index in [4.69, 9.17) is 4.74 Å². The molecule has 6 atom stereocenters. The lowest BCUT2D eigenvalue weighted by atomic mass is 9.89. The van der Waals surface area contributed by atoms with Crippen LogP contribution in [-0.4, -0.2) is 12.2 Å². The summed E-state index contributed by atoms with van der Waals surface area (Å²) in [7, 11) is 0. The van der Waals surface area contributed by atoms with Crippen LogP contribution in [0.3, 0.4) is 0 Å². The number of hydrogen-bond donors (Lipinski definition) is 0. The summed E-state index contributed by atoms with van der Waals surface area (Å²) in [5, 5.41) is 0. The van der Waals surface area contributed by atoms with Gasteiger partial charge in [0, 0.05) is 0 Å². The second kappa shape index (κ2) is 13.2. The molecule has 0 aromatic heterocycles. The van der Waals surface area contributed by atoms with Crippen molar-refractivity contribution in [1.82, 2.24) is 0 Å². The molecule has 0 N–H and O–H groups in total. The van der Waals surface area contributed by atoms with Crippen LogP contribution in [0.4, 0.5) is 0 Å². The molecule has 0 saturated carbocycles. The highest BCUT2D eigenvalue weighted by atomic mass is 16.5. The normalized spacial score (nSPS) is 19.7. The summed E-state index contributed by atoms with van der Waals surface area (Å²) in [6, 6.07) is 0. The van der Waals surface area contributed by atoms with Gasteiger partial charge in [-0.3, -0.25) is 0 Å². The lowest BCUT2D eigenvalue weighted by Crippen LogP contribution is -2.28. The van der Waals surface area contributed by atoms with E-state index in [0.717, 1.165) is 23.7 Å². The highest BCUT2D eigenvalue weighted by molar-refractivity contribution is 4.69. The Hall–Kier alpha value is -0.0400. The Labute approximate surface area is 160 Å². The van der Waals surface area contributed by atoms with Gasteiger partial charge in [-0.25, -0.2) is 0 Å². The fourth-order valence-electron chi connectivity index (χ4n) is 3.27. The van der Waals surface area contributed by atoms with E-state index in [9.17, 15) is 0 Å². The smallest absolute Gasteiger partial charge is 0.0576 e. The van der Waals surface area contributed by atoms with Crippen LogP contribution in [0.15, 0.2) is 0 Å². The second-order valence-corrected chi connectivity index (χ2v) is 9.81. The average Bonchev–Trinajstić information content (AvgIpc) is 2.53. The maximum atomic E-state index is 6.38. The van der Waals surface area contributed by atoms with Gasteiger partial charge in [0.05, 0.1) is 12.2 Å². The van der Waals surface area contributed by atoms with Gasteiger partial charge in [-0.2, -0.15) is 0 Å². The van der Waals surface area contributed by atoms with Gasteiger partial charge in [-0.15, -0.1) is 0 Å². The Morgan fingerprint density at radius 3 is 1.00 bits per heavy atom. The molecule has 0 aliphatic carbocycles. The molecular weight excluding hydrogens is 304 g/mol. The van der Waals surface area contributed by atoms with E-state index >= 15 is 0 Å². The Balaban J connectivity index is 4.03. The van der Waals surface area contributed by atoms with Gasteiger partial charge in [0.2, 0.25) is 0 Å². The molecular formula is C24H50O. The molecule has 0 bridgehead atoms. The summed E-state index contributed by atoms with van der Waals surface area (Å²) in [6.45, 7) is 23.4. The Bertz CT molecular complexity index is 279. The van der Waals surface area contributed by atoms with Crippen LogP contribution in [0.25, 0.3) is 0 Å². The maximum Gasteiger partial charge on any atom is 0.0576 e. The first-order valence-electron chi connectivity index (χ1n) is 11.2. The van der Waals surface area contributed by atoms with Gasteiger partial charge in [-0.1, -0.05) is 81.1 Å². The minimum atomic E-state index is 0.376. The predicted octanol–water partition coefficient (Wildman–Crippen LogP) is 7.98. The molecule has 1 nitrogen and oxygen atoms in total. The molecule has 0 aliphatic heterocycles. The van der Waals surface area contributed by atoms with Crippen LogP contribution in [0.1, 0.15) is 108 Å². The van der Waals surface area contributed by atoms with Gasteiger partial charge >= 0.3 is 0 Å². The minimum absolute atomic E-state index is 0.376. The van der Waals surface area contributed by atoms with Crippen LogP contribution < -0.4 is 0 Å². The highest BCUT2D eigenvalue weighted by Crippen LogP contribution is 2.25. The maximum absolute atomic E-state index is 6.38. The summed E-state index contributed by atoms with van der Waals surface area (Å²) >= 11 is 0. The van der Waals surface area contributed by atoms with Crippen LogP contribution in [0.5, 0.6) is 0 Å². The summed E-state index contributed by atoms with van der Waals surface area (Å²) in [4.78, 5) is 0. The Kier molecular flexibility index (Phi) is 13.2. The van der Waals surface area contributed by atoms with E-state index in [-0.39, 0.29) is 0 Å². The van der Waals surface area contributed by atoms with E-state index < -0.39 is 0 Å². The fraction of sp³-hybridized carbons (Fsp3) is 1.00. The van der Waals surface area contributed by atoms with E-state index in [1.165, 1.54) is 38.5 Å². The van der Waals surface area contributed by atoms with E-state index in [1.54, 1.807) is 0 Å². The molecule has 1 heteroatoms. The number of hydrogen-bond acceptors (Lipinski definition) is 1. The molecule has 0 radical (unpaired) electrons. The summed E-state index contributed by atoms with van der Waals surface area (Å²) in [5.74, 6) is 4.63. The molecule has 0 aliphatic rings. The van der Waals surface area contributed by atoms with E-state index in [0.29, 0.717) is 24.0 Å². The van der Waals surface area contributed by atoms with Crippen LogP contribution in [-0.2, 0) is 4.74 Å². The zero-order valence-electron chi connectivity index (χ0n) is 19.3. The number of rotatable bonds is 14. The van der Waals surface area contributed by atoms with Crippen molar-refractivity contribution >= 4 is 0 Å². The van der Waals surface area contributed by atoms with Gasteiger partial charge in [0.25, 0.3) is 0 Å². The van der Waals surface area contributed by atoms with Crippen molar-refractivity contribution in [2.24, 2.45) is 35.5 Å². The molecule has 0 heterocycles. The van der Waals surface area contributed by atoms with Gasteiger partial charge in [0.15, 0.2) is 0 Å². The third-order valence-corrected chi connectivity index (χ3v) is 6.95. The van der Waals surface area contributed by atoms with E-state index in [2.05, 4.69) is 69.2 Å². The summed E-state index contributed by atoms with van der Waals surface area (Å²) in [5.41, 5.74) is 0. The van der Waals surface area contributed by atoms with Crippen molar-refractivity contribution in [3.05, 3.63) is 0 Å². The molecule has 0 fully saturated rings. The molecule has 152 valence electrons. The van der Waals surface area contributed by atoms with Gasteiger partial charge in [-0.05, 0) is 62.2 Å². The third kappa shape index (κ3) is 11.3. The van der Waals surface area contributed by atoms with Crippen LogP contribution in [0.2, 0.25) is 0 Å². The molecule has 6 unspecified atom stereocenters. The first kappa shape index (κ1) is 25.0. The standard InChI is InChI=1S/C24H50O/c1-17(2)19(5)13-11-15-21(7)23(9)25-24(10)22(8)16-12-14-20(6)18(3)4/h17-24H,11-16H2,1-10H3.